The highest BCUT2D eigenvalue weighted by atomic mass is 16.6. The van der Waals surface area contributed by atoms with Crippen LogP contribution in [-0.2, 0) is 16.0 Å². The molecule has 1 aromatic rings. The van der Waals surface area contributed by atoms with Crippen LogP contribution in [0.15, 0.2) is 24.3 Å². The molecule has 0 aliphatic carbocycles. The van der Waals surface area contributed by atoms with Gasteiger partial charge in [0.2, 0.25) is 0 Å². The lowest BCUT2D eigenvalue weighted by molar-refractivity contribution is -0.142. The predicted molar refractivity (Wildman–Crippen MR) is 96.8 cm³/mol. The number of hydrogen-bond acceptors (Lipinski definition) is 5. The van der Waals surface area contributed by atoms with Crippen LogP contribution in [0.4, 0.5) is 4.79 Å². The molecule has 0 radical (unpaired) electrons. The Kier molecular flexibility index (Phi) is 6.47. The number of amides is 2. The minimum absolute atomic E-state index is 0.132. The fraction of sp³-hybridized carbons (Fsp3) is 0.579. The molecule has 2 amide bonds. The summed E-state index contributed by atoms with van der Waals surface area (Å²) < 4.78 is 5.44. The summed E-state index contributed by atoms with van der Waals surface area (Å²) in [6.07, 6.45) is -0.739. The summed E-state index contributed by atoms with van der Waals surface area (Å²) in [6.45, 7) is 6.37. The molecule has 3 N–H and O–H groups in total. The smallest absolute Gasteiger partial charge is 0.408 e. The van der Waals surface area contributed by atoms with Gasteiger partial charge in [-0.3, -0.25) is 4.79 Å². The number of alkyl carbamates (subject to hydrolysis) is 1. The lowest BCUT2D eigenvalue weighted by Gasteiger charge is -2.32. The number of likely N-dealkylation sites (tertiary alicyclic amines) is 1. The fourth-order valence-electron chi connectivity index (χ4n) is 2.78. The topological polar surface area (TPSA) is 99.1 Å². The maximum absolute atomic E-state index is 12.9. The van der Waals surface area contributed by atoms with Crippen molar-refractivity contribution >= 4 is 12.0 Å². The van der Waals surface area contributed by atoms with Crippen molar-refractivity contribution in [2.24, 2.45) is 0 Å². The molecule has 144 valence electrons. The van der Waals surface area contributed by atoms with Gasteiger partial charge in [0, 0.05) is 25.0 Å². The first-order chi connectivity index (χ1) is 12.1. The molecule has 1 aliphatic rings. The molecule has 0 spiro atoms. The number of phenols is 1. The number of nitrogens with one attached hydrogen (secondary N) is 1. The highest BCUT2D eigenvalue weighted by Gasteiger charge is 2.31. The van der Waals surface area contributed by atoms with Gasteiger partial charge < -0.3 is 25.2 Å². The van der Waals surface area contributed by atoms with Crippen molar-refractivity contribution in [1.82, 2.24) is 10.2 Å². The van der Waals surface area contributed by atoms with Crippen molar-refractivity contribution in [2.75, 3.05) is 13.1 Å². The number of carbonyl (C=O) groups excluding carboxylic acids is 2. The molecule has 7 heteroatoms. The van der Waals surface area contributed by atoms with Crippen LogP contribution < -0.4 is 5.32 Å². The minimum atomic E-state index is -0.961. The summed E-state index contributed by atoms with van der Waals surface area (Å²) in [5, 5.41) is 21.7. The van der Waals surface area contributed by atoms with Crippen LogP contribution in [0.3, 0.4) is 0 Å². The lowest BCUT2D eigenvalue weighted by Crippen LogP contribution is -2.49. The van der Waals surface area contributed by atoms with E-state index in [-0.39, 0.29) is 24.2 Å². The van der Waals surface area contributed by atoms with Gasteiger partial charge in [-0.15, -0.1) is 0 Å². The number of aliphatic hydroxyl groups is 1. The number of rotatable bonds is 4. The third kappa shape index (κ3) is 6.22. The van der Waals surface area contributed by atoms with E-state index in [0.29, 0.717) is 25.9 Å². The number of ether oxygens (including phenoxy) is 1. The van der Waals surface area contributed by atoms with E-state index in [1.165, 1.54) is 12.1 Å². The lowest BCUT2D eigenvalue weighted by atomic mass is 10.0. The van der Waals surface area contributed by atoms with Crippen molar-refractivity contribution < 1.29 is 24.5 Å². The van der Waals surface area contributed by atoms with Crippen LogP contribution in [0, 0.1) is 0 Å². The molecular weight excluding hydrogens is 336 g/mol. The largest absolute Gasteiger partial charge is 0.508 e. The molecule has 1 aromatic carbocycles. The zero-order chi connectivity index (χ0) is 19.3. The Hall–Kier alpha value is -2.28. The van der Waals surface area contributed by atoms with Crippen LogP contribution in [-0.4, -0.2) is 57.9 Å². The highest BCUT2D eigenvalue weighted by molar-refractivity contribution is 5.84. The molecule has 0 aromatic heterocycles. The number of aromatic hydroxyl groups is 1. The monoisotopic (exact) mass is 364 g/mol. The third-order valence-electron chi connectivity index (χ3n) is 4.14. The Morgan fingerprint density at radius 1 is 1.23 bits per heavy atom. The van der Waals surface area contributed by atoms with Crippen LogP contribution in [0.2, 0.25) is 0 Å². The summed E-state index contributed by atoms with van der Waals surface area (Å²) in [5.74, 6) is -0.137. The number of piperidine rings is 1. The third-order valence-corrected chi connectivity index (χ3v) is 4.14. The maximum Gasteiger partial charge on any atom is 0.408 e. The maximum atomic E-state index is 12.9. The minimum Gasteiger partial charge on any atom is -0.508 e. The van der Waals surface area contributed by atoms with E-state index in [1.54, 1.807) is 17.0 Å². The molecule has 1 heterocycles. The van der Waals surface area contributed by atoms with Gasteiger partial charge in [0.1, 0.15) is 5.75 Å². The second-order valence-corrected chi connectivity index (χ2v) is 7.70. The second-order valence-electron chi connectivity index (χ2n) is 7.70. The molecule has 1 fully saturated rings. The predicted octanol–water partition coefficient (Wildman–Crippen LogP) is 1.81. The van der Waals surface area contributed by atoms with Gasteiger partial charge in [0.25, 0.3) is 5.91 Å². The molecule has 1 atom stereocenters. The van der Waals surface area contributed by atoms with Crippen molar-refractivity contribution in [3.63, 3.8) is 0 Å². The average molecular weight is 364 g/mol. The number of hydrogen-bond donors (Lipinski definition) is 3. The molecule has 2 rings (SSSR count). The Morgan fingerprint density at radius 2 is 1.81 bits per heavy atom. The number of carbonyl (C=O) groups is 2. The van der Waals surface area contributed by atoms with Crippen LogP contribution in [0.1, 0.15) is 39.2 Å². The fourth-order valence-corrected chi connectivity index (χ4v) is 2.78. The van der Waals surface area contributed by atoms with Crippen LogP contribution in [0.25, 0.3) is 0 Å². The molecule has 0 bridgehead atoms. The highest BCUT2D eigenvalue weighted by Crippen LogP contribution is 2.17. The van der Waals surface area contributed by atoms with E-state index in [4.69, 9.17) is 4.74 Å². The summed E-state index contributed by atoms with van der Waals surface area (Å²) in [7, 11) is 0. The Morgan fingerprint density at radius 3 is 2.35 bits per heavy atom. The Bertz CT molecular complexity index is 616. The summed E-state index contributed by atoms with van der Waals surface area (Å²) in [4.78, 5) is 26.7. The summed E-state index contributed by atoms with van der Waals surface area (Å²) in [6, 6.07) is 6.45. The molecule has 0 saturated carbocycles. The first kappa shape index (κ1) is 20.0. The van der Waals surface area contributed by atoms with Gasteiger partial charge in [-0.05, 0) is 51.3 Å². The van der Waals surface area contributed by atoms with E-state index in [2.05, 4.69) is 5.32 Å². The molecule has 26 heavy (non-hydrogen) atoms. The van der Waals surface area contributed by atoms with E-state index < -0.39 is 17.7 Å². The standard InChI is InChI=1S/C19H28N2O5/c1-19(2,3)20-18(25)26-16(12-13-4-6-14(22)7-5-13)17(24)21-10-8-15(23)9-11-21/h4-7,15-16,22-23H,8-12H2,1-3H3,(H,20,25). The Labute approximate surface area is 154 Å². The van der Waals surface area contributed by atoms with E-state index in [1.807, 2.05) is 20.8 Å². The number of nitrogens with zero attached hydrogens (tertiary/aromatic N) is 1. The summed E-state index contributed by atoms with van der Waals surface area (Å²) in [5.41, 5.74) is 0.306. The number of benzene rings is 1. The molecule has 1 unspecified atom stereocenters. The Balaban J connectivity index is 2.10. The SMILES string of the molecule is CC(C)(C)NC(=O)OC(Cc1ccc(O)cc1)C(=O)N1CCC(O)CC1. The van der Waals surface area contributed by atoms with Crippen LogP contribution >= 0.6 is 0 Å². The van der Waals surface area contributed by atoms with Gasteiger partial charge in [0.05, 0.1) is 6.10 Å². The first-order valence-electron chi connectivity index (χ1n) is 8.87. The summed E-state index contributed by atoms with van der Waals surface area (Å²) >= 11 is 0. The molecular formula is C19H28N2O5. The molecule has 1 saturated heterocycles. The van der Waals surface area contributed by atoms with Gasteiger partial charge in [-0.25, -0.2) is 4.79 Å². The number of phenolic OH excluding ortho intramolecular Hbond substituents is 1. The second kappa shape index (κ2) is 8.40. The molecule has 1 aliphatic heterocycles. The van der Waals surface area contributed by atoms with Crippen molar-refractivity contribution in [2.45, 2.75) is 57.8 Å². The van der Waals surface area contributed by atoms with Crippen molar-refractivity contribution in [3.05, 3.63) is 29.8 Å². The quantitative estimate of drug-likeness (QED) is 0.757. The number of aliphatic hydroxyl groups excluding tert-OH is 1. The van der Waals surface area contributed by atoms with Gasteiger partial charge in [-0.1, -0.05) is 12.1 Å². The van der Waals surface area contributed by atoms with Crippen LogP contribution in [0.5, 0.6) is 5.75 Å². The van der Waals surface area contributed by atoms with E-state index in [9.17, 15) is 19.8 Å². The zero-order valence-electron chi connectivity index (χ0n) is 15.6. The van der Waals surface area contributed by atoms with Gasteiger partial charge in [0.15, 0.2) is 6.10 Å². The van der Waals surface area contributed by atoms with Crippen molar-refractivity contribution in [3.8, 4) is 5.75 Å². The van der Waals surface area contributed by atoms with Gasteiger partial charge >= 0.3 is 6.09 Å². The zero-order valence-corrected chi connectivity index (χ0v) is 15.6. The normalized spacial score (nSPS) is 16.8. The molecule has 7 nitrogen and oxygen atoms in total. The van der Waals surface area contributed by atoms with Crippen molar-refractivity contribution in [1.29, 1.82) is 0 Å². The first-order valence-corrected chi connectivity index (χ1v) is 8.87. The van der Waals surface area contributed by atoms with E-state index >= 15 is 0 Å². The van der Waals surface area contributed by atoms with Gasteiger partial charge in [-0.2, -0.15) is 0 Å². The average Bonchev–Trinajstić information content (AvgIpc) is 2.54. The van der Waals surface area contributed by atoms with E-state index in [0.717, 1.165) is 5.56 Å².